The molecule has 6 heteroatoms. The monoisotopic (exact) mass is 427 g/mol. The summed E-state index contributed by atoms with van der Waals surface area (Å²) in [5.41, 5.74) is 2.65. The maximum atomic E-state index is 13.0. The Kier molecular flexibility index (Phi) is 3.21. The summed E-state index contributed by atoms with van der Waals surface area (Å²) in [6, 6.07) is 10.6. The highest BCUT2D eigenvalue weighted by Gasteiger charge is 2.89. The largest absolute Gasteiger partial charge is 0.307 e. The van der Waals surface area contributed by atoms with Gasteiger partial charge in [-0.15, -0.1) is 0 Å². The van der Waals surface area contributed by atoms with E-state index in [9.17, 15) is 4.79 Å². The van der Waals surface area contributed by atoms with Gasteiger partial charge in [0.15, 0.2) is 5.52 Å². The molecule has 32 heavy (non-hydrogen) atoms. The zero-order valence-electron chi connectivity index (χ0n) is 18.5. The van der Waals surface area contributed by atoms with E-state index >= 15 is 0 Å². The fraction of sp³-hybridized carbons (Fsp3) is 0.577. The highest BCUT2D eigenvalue weighted by molar-refractivity contribution is 5.49. The van der Waals surface area contributed by atoms with Gasteiger partial charge in [-0.1, -0.05) is 37.3 Å². The van der Waals surface area contributed by atoms with Crippen molar-refractivity contribution in [3.8, 4) is 0 Å². The van der Waals surface area contributed by atoms with Crippen LogP contribution in [0.2, 0.25) is 0 Å². The van der Waals surface area contributed by atoms with Gasteiger partial charge in [-0.25, -0.2) is 9.50 Å². The summed E-state index contributed by atoms with van der Waals surface area (Å²) in [7, 11) is 0. The van der Waals surface area contributed by atoms with Crippen LogP contribution in [0, 0.1) is 29.1 Å². The predicted octanol–water partition coefficient (Wildman–Crippen LogP) is 3.34. The van der Waals surface area contributed by atoms with Crippen molar-refractivity contribution < 1.29 is 0 Å². The topological polar surface area (TPSA) is 66.3 Å². The van der Waals surface area contributed by atoms with E-state index in [2.05, 4.69) is 47.1 Å². The summed E-state index contributed by atoms with van der Waals surface area (Å²) in [4.78, 5) is 23.5. The van der Waals surface area contributed by atoms with Crippen LogP contribution in [-0.2, 0) is 12.0 Å². The van der Waals surface area contributed by atoms with Crippen LogP contribution in [0.25, 0.3) is 5.52 Å². The van der Waals surface area contributed by atoms with Gasteiger partial charge in [-0.2, -0.15) is 5.10 Å². The first kappa shape index (κ1) is 18.0. The van der Waals surface area contributed by atoms with Gasteiger partial charge in [-0.05, 0) is 60.3 Å². The molecule has 5 fully saturated rings. The van der Waals surface area contributed by atoms with Crippen LogP contribution in [0.5, 0.6) is 0 Å². The minimum Gasteiger partial charge on any atom is -0.307 e. The van der Waals surface area contributed by atoms with Crippen LogP contribution in [0.15, 0.2) is 41.3 Å². The lowest BCUT2D eigenvalue weighted by Crippen LogP contribution is -2.87. The Hall–Kier alpha value is -2.47. The summed E-state index contributed by atoms with van der Waals surface area (Å²) in [6.07, 6.45) is 7.14. The van der Waals surface area contributed by atoms with Crippen LogP contribution < -0.4 is 5.56 Å². The van der Waals surface area contributed by atoms with Gasteiger partial charge < -0.3 is 4.98 Å². The first-order valence-corrected chi connectivity index (χ1v) is 12.3. The van der Waals surface area contributed by atoms with Crippen LogP contribution in [0.3, 0.4) is 0 Å². The molecule has 4 atom stereocenters. The highest BCUT2D eigenvalue weighted by Crippen LogP contribution is 2.92. The molecule has 4 unspecified atom stereocenters. The Balaban J connectivity index is 1.14. The number of fused-ring (bicyclic) bond motifs is 1. The van der Waals surface area contributed by atoms with Gasteiger partial charge in [0.25, 0.3) is 5.56 Å². The first-order chi connectivity index (χ1) is 15.6. The summed E-state index contributed by atoms with van der Waals surface area (Å²) in [6.45, 7) is 5.18. The van der Waals surface area contributed by atoms with E-state index in [4.69, 9.17) is 10.1 Å². The number of likely N-dealkylation sites (tertiary alicyclic amines) is 1. The number of imidazole rings is 1. The average Bonchev–Trinajstić information content (AvgIpc) is 3.31. The lowest BCUT2D eigenvalue weighted by atomic mass is 9.13. The molecule has 164 valence electrons. The maximum absolute atomic E-state index is 13.0. The molecule has 4 aliphatic carbocycles. The average molecular weight is 428 g/mol. The smallest absolute Gasteiger partial charge is 0.276 e. The second-order valence-corrected chi connectivity index (χ2v) is 11.5. The molecule has 6 nitrogen and oxygen atoms in total. The first-order valence-electron chi connectivity index (χ1n) is 12.3. The molecule has 1 saturated heterocycles. The minimum atomic E-state index is -0.0399. The normalized spacial score (nSPS) is 41.2. The third-order valence-corrected chi connectivity index (χ3v) is 10.3. The fourth-order valence-corrected chi connectivity index (χ4v) is 9.11. The number of nitrogens with zero attached hydrogens (tertiary/aromatic N) is 4. The SMILES string of the molecule is CC1CN(Cc2ccccc2)CC1c1nn2c(C34CC5CC6CC(C3)C654)ncc2c(=O)[nH]1. The molecule has 0 radical (unpaired) electrons. The zero-order valence-corrected chi connectivity index (χ0v) is 18.5. The Morgan fingerprint density at radius 1 is 1.09 bits per heavy atom. The zero-order chi connectivity index (χ0) is 21.2. The van der Waals surface area contributed by atoms with E-state index in [0.29, 0.717) is 16.8 Å². The number of rotatable bonds is 4. The summed E-state index contributed by atoms with van der Waals surface area (Å²) in [5, 5.41) is 5.08. The number of benzene rings is 1. The molecular formula is C26H29N5O. The van der Waals surface area contributed by atoms with Crippen molar-refractivity contribution >= 4 is 5.52 Å². The molecule has 8 rings (SSSR count). The number of H-pyrrole nitrogens is 1. The van der Waals surface area contributed by atoms with Gasteiger partial charge in [0.05, 0.1) is 6.20 Å². The molecule has 1 aromatic carbocycles. The van der Waals surface area contributed by atoms with E-state index < -0.39 is 0 Å². The third-order valence-electron chi connectivity index (χ3n) is 10.3. The van der Waals surface area contributed by atoms with Crippen molar-refractivity contribution in [2.45, 2.75) is 50.5 Å². The van der Waals surface area contributed by atoms with E-state index in [1.807, 2.05) is 4.52 Å². The third kappa shape index (κ3) is 1.88. The van der Waals surface area contributed by atoms with Crippen molar-refractivity contribution in [3.05, 3.63) is 64.1 Å². The number of nitrogens with one attached hydrogen (secondary N) is 1. The van der Waals surface area contributed by atoms with Gasteiger partial charge in [0.2, 0.25) is 0 Å². The van der Waals surface area contributed by atoms with Crippen LogP contribution >= 0.6 is 0 Å². The summed E-state index contributed by atoms with van der Waals surface area (Å²) < 4.78 is 1.95. The number of aromatic amines is 1. The lowest BCUT2D eigenvalue weighted by Gasteiger charge is -2.90. The highest BCUT2D eigenvalue weighted by atomic mass is 16.1. The molecule has 3 heterocycles. The molecule has 4 saturated carbocycles. The summed E-state index contributed by atoms with van der Waals surface area (Å²) >= 11 is 0. The van der Waals surface area contributed by atoms with E-state index in [1.165, 1.54) is 31.2 Å². The van der Waals surface area contributed by atoms with Crippen molar-refractivity contribution in [1.82, 2.24) is 24.5 Å². The second kappa shape index (κ2) is 5.71. The van der Waals surface area contributed by atoms with E-state index in [1.54, 1.807) is 6.20 Å². The molecule has 3 aromatic rings. The van der Waals surface area contributed by atoms with Crippen molar-refractivity contribution in [3.63, 3.8) is 0 Å². The van der Waals surface area contributed by atoms with Crippen molar-refractivity contribution in [2.24, 2.45) is 29.1 Å². The number of aromatic nitrogens is 4. The van der Waals surface area contributed by atoms with E-state index in [0.717, 1.165) is 49.0 Å². The van der Waals surface area contributed by atoms with Crippen molar-refractivity contribution in [2.75, 3.05) is 13.1 Å². The standard InChI is InChI=1S/C26H29N5O/c1-15-12-30(13-16-5-3-2-4-6-16)14-20(15)22-28-23(32)21-11-27-24(31(21)29-22)25-9-18-7-17-8-19(10-25)26(17,18)25/h2-6,11,15,17-20H,7-10,12-14H2,1H3,(H,28,29,32). The minimum absolute atomic E-state index is 0.0399. The van der Waals surface area contributed by atoms with Gasteiger partial charge in [-0.3, -0.25) is 9.69 Å². The van der Waals surface area contributed by atoms with Crippen LogP contribution in [-0.4, -0.2) is 37.6 Å². The Bertz CT molecular complexity index is 1280. The fourth-order valence-electron chi connectivity index (χ4n) is 9.11. The molecule has 1 aliphatic heterocycles. The summed E-state index contributed by atoms with van der Waals surface area (Å²) in [5.74, 6) is 5.35. The Morgan fingerprint density at radius 2 is 1.88 bits per heavy atom. The molecule has 5 aliphatic rings. The maximum Gasteiger partial charge on any atom is 0.276 e. The molecule has 2 aromatic heterocycles. The Labute approximate surface area is 187 Å². The van der Waals surface area contributed by atoms with E-state index in [-0.39, 0.29) is 16.9 Å². The molecule has 1 N–H and O–H groups in total. The van der Waals surface area contributed by atoms with Gasteiger partial charge >= 0.3 is 0 Å². The van der Waals surface area contributed by atoms with Gasteiger partial charge in [0, 0.05) is 31.0 Å². The predicted molar refractivity (Wildman–Crippen MR) is 120 cm³/mol. The van der Waals surface area contributed by atoms with Gasteiger partial charge in [0.1, 0.15) is 11.6 Å². The lowest BCUT2D eigenvalue weighted by molar-refractivity contribution is -0.397. The molecular weight excluding hydrogens is 398 g/mol. The second-order valence-electron chi connectivity index (χ2n) is 11.5. The number of hydrogen-bond donors (Lipinski definition) is 1. The van der Waals surface area contributed by atoms with Crippen molar-refractivity contribution in [1.29, 1.82) is 0 Å². The number of hydrogen-bond acceptors (Lipinski definition) is 4. The molecule has 1 spiro atoms. The van der Waals surface area contributed by atoms with Crippen LogP contribution in [0.4, 0.5) is 0 Å². The molecule has 0 bridgehead atoms. The Morgan fingerprint density at radius 3 is 2.59 bits per heavy atom. The van der Waals surface area contributed by atoms with Crippen LogP contribution in [0.1, 0.15) is 55.7 Å². The molecule has 0 amide bonds. The quantitative estimate of drug-likeness (QED) is 0.694.